The first kappa shape index (κ1) is 13.3. The Kier molecular flexibility index (Phi) is 4.29. The fourth-order valence-corrected chi connectivity index (χ4v) is 1.99. The summed E-state index contributed by atoms with van der Waals surface area (Å²) >= 11 is 0. The number of hydrogen-bond donors (Lipinski definition) is 0. The molecule has 1 aliphatic carbocycles. The molecule has 1 saturated carbocycles. The Hall–Kier alpha value is -1.81. The van der Waals surface area contributed by atoms with Gasteiger partial charge in [-0.05, 0) is 12.3 Å². The Balaban J connectivity index is 2.70. The van der Waals surface area contributed by atoms with E-state index in [9.17, 15) is 14.4 Å². The van der Waals surface area contributed by atoms with Gasteiger partial charge in [0, 0.05) is 18.8 Å². The van der Waals surface area contributed by atoms with E-state index in [4.69, 9.17) is 5.53 Å². The van der Waals surface area contributed by atoms with Crippen LogP contribution in [0.1, 0.15) is 26.2 Å². The zero-order valence-electron chi connectivity index (χ0n) is 9.80. The number of hydrogen-bond acceptors (Lipinski definition) is 4. The van der Waals surface area contributed by atoms with Gasteiger partial charge in [0.25, 0.3) is 5.78 Å². The molecule has 6 heteroatoms. The first-order chi connectivity index (χ1) is 8.01. The summed E-state index contributed by atoms with van der Waals surface area (Å²) < 4.78 is 4.32. The van der Waals surface area contributed by atoms with E-state index in [1.54, 1.807) is 6.92 Å². The Morgan fingerprint density at radius 1 is 1.53 bits per heavy atom. The van der Waals surface area contributed by atoms with Gasteiger partial charge in [0.05, 0.1) is 7.11 Å². The predicted octanol–water partition coefficient (Wildman–Crippen LogP) is 0.405. The number of Topliss-reactive ketones (excluding diaryl/α,β-unsaturated/α-hetero) is 2. The number of carbonyl (C=O) groups excluding carboxylic acids is 3. The molecule has 0 N–H and O–H groups in total. The maximum absolute atomic E-state index is 11.7. The van der Waals surface area contributed by atoms with Crippen LogP contribution in [0.3, 0.4) is 0 Å². The third-order valence-electron chi connectivity index (χ3n) is 3.17. The standard InChI is InChI=1S/C11H14N2O4/c1-6-7(3-4-8(6)14)5-9(15)10(13-12)11(16)17-2/h6-7H,3-5H2,1-2H3. The molecule has 0 saturated heterocycles. The molecular formula is C11H14N2O4. The summed E-state index contributed by atoms with van der Waals surface area (Å²) in [6.45, 7) is 1.77. The molecule has 92 valence electrons. The highest BCUT2D eigenvalue weighted by Crippen LogP contribution is 2.31. The van der Waals surface area contributed by atoms with E-state index in [2.05, 4.69) is 9.53 Å². The average Bonchev–Trinajstić information content (AvgIpc) is 2.61. The van der Waals surface area contributed by atoms with Gasteiger partial charge in [-0.1, -0.05) is 6.92 Å². The summed E-state index contributed by atoms with van der Waals surface area (Å²) in [5.41, 5.74) is 7.98. The molecule has 1 aliphatic rings. The number of ketones is 2. The van der Waals surface area contributed by atoms with E-state index in [1.165, 1.54) is 0 Å². The van der Waals surface area contributed by atoms with Crippen LogP contribution < -0.4 is 0 Å². The topological polar surface area (TPSA) is 96.8 Å². The molecule has 1 fully saturated rings. The highest BCUT2D eigenvalue weighted by molar-refractivity contribution is 6.62. The molecule has 1 rings (SSSR count). The third kappa shape index (κ3) is 2.85. The van der Waals surface area contributed by atoms with Crippen LogP contribution in [0.4, 0.5) is 0 Å². The number of ether oxygens (including phenoxy) is 1. The number of esters is 1. The van der Waals surface area contributed by atoms with Crippen molar-refractivity contribution in [3.05, 3.63) is 5.53 Å². The van der Waals surface area contributed by atoms with Crippen LogP contribution >= 0.6 is 0 Å². The number of nitrogens with zero attached hydrogens (tertiary/aromatic N) is 2. The predicted molar refractivity (Wildman–Crippen MR) is 57.2 cm³/mol. The third-order valence-corrected chi connectivity index (χ3v) is 3.17. The van der Waals surface area contributed by atoms with Gasteiger partial charge in [0.15, 0.2) is 0 Å². The van der Waals surface area contributed by atoms with Gasteiger partial charge in [-0.25, -0.2) is 4.79 Å². The quantitative estimate of drug-likeness (QED) is 0.233. The Bertz CT molecular complexity index is 410. The van der Waals surface area contributed by atoms with E-state index in [1.807, 2.05) is 0 Å². The van der Waals surface area contributed by atoms with Gasteiger partial charge >= 0.3 is 11.7 Å². The van der Waals surface area contributed by atoms with Crippen molar-refractivity contribution in [2.24, 2.45) is 11.8 Å². The molecule has 6 nitrogen and oxygen atoms in total. The summed E-state index contributed by atoms with van der Waals surface area (Å²) in [4.78, 5) is 36.7. The van der Waals surface area contributed by atoms with Gasteiger partial charge < -0.3 is 10.3 Å². The first-order valence-electron chi connectivity index (χ1n) is 5.37. The van der Waals surface area contributed by atoms with Gasteiger partial charge in [-0.2, -0.15) is 4.79 Å². The molecule has 0 heterocycles. The molecule has 17 heavy (non-hydrogen) atoms. The summed E-state index contributed by atoms with van der Waals surface area (Å²) in [7, 11) is 1.10. The Morgan fingerprint density at radius 3 is 2.59 bits per heavy atom. The molecule has 0 aliphatic heterocycles. The lowest BCUT2D eigenvalue weighted by Gasteiger charge is -2.10. The normalized spacial score (nSPS) is 23.1. The summed E-state index contributed by atoms with van der Waals surface area (Å²) in [5.74, 6) is -1.70. The lowest BCUT2D eigenvalue weighted by Crippen LogP contribution is -2.29. The van der Waals surface area contributed by atoms with Crippen LogP contribution in [-0.4, -0.2) is 35.1 Å². The number of methoxy groups -OCH3 is 1. The van der Waals surface area contributed by atoms with Crippen molar-refractivity contribution in [1.82, 2.24) is 0 Å². The molecule has 0 amide bonds. The minimum atomic E-state index is -0.963. The molecule has 0 aromatic rings. The number of carbonyl (C=O) groups is 3. The summed E-state index contributed by atoms with van der Waals surface area (Å²) in [6, 6.07) is 0. The molecule has 0 bridgehead atoms. The van der Waals surface area contributed by atoms with E-state index in [0.29, 0.717) is 12.8 Å². The van der Waals surface area contributed by atoms with E-state index in [-0.39, 0.29) is 24.0 Å². The molecule has 0 spiro atoms. The smallest absolute Gasteiger partial charge is 0.441 e. The van der Waals surface area contributed by atoms with Crippen LogP contribution in [0.25, 0.3) is 5.53 Å². The zero-order valence-corrected chi connectivity index (χ0v) is 9.80. The first-order valence-corrected chi connectivity index (χ1v) is 5.37. The molecule has 0 radical (unpaired) electrons. The SMILES string of the molecule is COC(=O)C(=[N+]=[N-])C(=O)CC1CCC(=O)C1C. The molecule has 2 unspecified atom stereocenters. The molecule has 0 aromatic heterocycles. The number of rotatable bonds is 4. The molecule has 2 atom stereocenters. The highest BCUT2D eigenvalue weighted by Gasteiger charge is 2.37. The minimum absolute atomic E-state index is 0.0292. The zero-order chi connectivity index (χ0) is 13.0. The lowest BCUT2D eigenvalue weighted by atomic mass is 9.91. The largest absolute Gasteiger partial charge is 0.460 e. The second kappa shape index (κ2) is 5.50. The Morgan fingerprint density at radius 2 is 2.18 bits per heavy atom. The van der Waals surface area contributed by atoms with Crippen LogP contribution in [0.2, 0.25) is 0 Å². The van der Waals surface area contributed by atoms with E-state index >= 15 is 0 Å². The lowest BCUT2D eigenvalue weighted by molar-refractivity contribution is -0.139. The van der Waals surface area contributed by atoms with E-state index in [0.717, 1.165) is 7.11 Å². The van der Waals surface area contributed by atoms with Gasteiger partial charge in [0.2, 0.25) is 0 Å². The highest BCUT2D eigenvalue weighted by atomic mass is 16.5. The minimum Gasteiger partial charge on any atom is -0.460 e. The second-order valence-corrected chi connectivity index (χ2v) is 4.12. The monoisotopic (exact) mass is 238 g/mol. The molecular weight excluding hydrogens is 224 g/mol. The van der Waals surface area contributed by atoms with Gasteiger partial charge in [-0.15, -0.1) is 0 Å². The Labute approximate surface area is 98.6 Å². The fraction of sp³-hybridized carbons (Fsp3) is 0.636. The van der Waals surface area contributed by atoms with Crippen molar-refractivity contribution in [3.8, 4) is 0 Å². The van der Waals surface area contributed by atoms with Crippen molar-refractivity contribution in [2.45, 2.75) is 26.2 Å². The van der Waals surface area contributed by atoms with Crippen molar-refractivity contribution in [1.29, 1.82) is 0 Å². The second-order valence-electron chi connectivity index (χ2n) is 4.12. The van der Waals surface area contributed by atoms with Gasteiger partial charge in [0.1, 0.15) is 5.78 Å². The van der Waals surface area contributed by atoms with Crippen molar-refractivity contribution in [3.63, 3.8) is 0 Å². The van der Waals surface area contributed by atoms with Gasteiger partial charge in [-0.3, -0.25) is 9.59 Å². The van der Waals surface area contributed by atoms with Crippen LogP contribution in [0, 0.1) is 11.8 Å². The maximum atomic E-state index is 11.7. The van der Waals surface area contributed by atoms with Crippen molar-refractivity contribution >= 4 is 23.2 Å². The molecule has 0 aromatic carbocycles. The van der Waals surface area contributed by atoms with Crippen molar-refractivity contribution in [2.75, 3.05) is 7.11 Å². The van der Waals surface area contributed by atoms with Crippen LogP contribution in [-0.2, 0) is 19.1 Å². The van der Waals surface area contributed by atoms with Crippen molar-refractivity contribution < 1.29 is 23.9 Å². The summed E-state index contributed by atoms with van der Waals surface area (Å²) in [6.07, 6.45) is 1.12. The summed E-state index contributed by atoms with van der Waals surface area (Å²) in [5, 5.41) is 0. The fourth-order valence-electron chi connectivity index (χ4n) is 1.99. The maximum Gasteiger partial charge on any atom is 0.441 e. The van der Waals surface area contributed by atoms with E-state index < -0.39 is 17.5 Å². The van der Waals surface area contributed by atoms with Crippen LogP contribution in [0.15, 0.2) is 0 Å². The van der Waals surface area contributed by atoms with Crippen LogP contribution in [0.5, 0.6) is 0 Å². The average molecular weight is 238 g/mol.